The van der Waals surface area contributed by atoms with Crippen molar-refractivity contribution >= 4 is 34.4 Å². The van der Waals surface area contributed by atoms with Crippen LogP contribution < -0.4 is 5.32 Å². The summed E-state index contributed by atoms with van der Waals surface area (Å²) >= 11 is 8.11. The van der Waals surface area contributed by atoms with Gasteiger partial charge in [0, 0.05) is 41.6 Å². The first-order chi connectivity index (χ1) is 9.65. The quantitative estimate of drug-likeness (QED) is 0.941. The molecule has 0 saturated carbocycles. The lowest BCUT2D eigenvalue weighted by atomic mass is 10.2. The fourth-order valence-electron chi connectivity index (χ4n) is 2.81. The number of rotatable bonds is 3. The maximum atomic E-state index is 6.09. The highest BCUT2D eigenvalue weighted by Crippen LogP contribution is 2.25. The van der Waals surface area contributed by atoms with Crippen LogP contribution in [0.2, 0.25) is 5.02 Å². The van der Waals surface area contributed by atoms with Crippen LogP contribution in [0.1, 0.15) is 25.7 Å². The van der Waals surface area contributed by atoms with Crippen LogP contribution >= 0.6 is 23.4 Å². The average molecular weight is 310 g/mol. The van der Waals surface area contributed by atoms with E-state index in [2.05, 4.69) is 29.8 Å². The number of imidazole rings is 1. The molecule has 1 aliphatic rings. The van der Waals surface area contributed by atoms with Crippen LogP contribution in [0.3, 0.4) is 0 Å². The van der Waals surface area contributed by atoms with Gasteiger partial charge in [0.1, 0.15) is 5.82 Å². The van der Waals surface area contributed by atoms with E-state index in [1.165, 1.54) is 17.0 Å². The van der Waals surface area contributed by atoms with E-state index in [0.717, 1.165) is 29.3 Å². The summed E-state index contributed by atoms with van der Waals surface area (Å²) in [6.45, 7) is 5.52. The number of hydrogen-bond donors (Lipinski definition) is 1. The summed E-state index contributed by atoms with van der Waals surface area (Å²) in [7, 11) is 0. The van der Waals surface area contributed by atoms with Crippen LogP contribution in [0.5, 0.6) is 0 Å². The molecule has 5 heteroatoms. The van der Waals surface area contributed by atoms with Crippen LogP contribution in [-0.2, 0) is 6.42 Å². The third-order valence-corrected chi connectivity index (χ3v) is 5.03. The summed E-state index contributed by atoms with van der Waals surface area (Å²) in [6.07, 6.45) is 0.984. The maximum absolute atomic E-state index is 6.09. The van der Waals surface area contributed by atoms with E-state index in [1.54, 1.807) is 0 Å². The molecule has 0 aliphatic carbocycles. The Morgan fingerprint density at radius 3 is 3.05 bits per heavy atom. The van der Waals surface area contributed by atoms with E-state index in [4.69, 9.17) is 16.6 Å². The molecule has 1 atom stereocenters. The van der Waals surface area contributed by atoms with E-state index in [1.807, 2.05) is 23.9 Å². The number of aromatic nitrogens is 2. The summed E-state index contributed by atoms with van der Waals surface area (Å²) in [5.41, 5.74) is 2.19. The van der Waals surface area contributed by atoms with Gasteiger partial charge in [-0.15, -0.1) is 0 Å². The second-order valence-electron chi connectivity index (χ2n) is 5.55. The molecule has 0 radical (unpaired) electrons. The Bertz CT molecular complexity index is 602. The molecule has 1 fully saturated rings. The van der Waals surface area contributed by atoms with Crippen molar-refractivity contribution in [1.29, 1.82) is 0 Å². The molecule has 0 amide bonds. The molecule has 0 spiro atoms. The molecule has 3 nitrogen and oxygen atoms in total. The Morgan fingerprint density at radius 1 is 1.50 bits per heavy atom. The van der Waals surface area contributed by atoms with Crippen LogP contribution in [0.4, 0.5) is 0 Å². The van der Waals surface area contributed by atoms with E-state index >= 15 is 0 Å². The number of thioether (sulfide) groups is 1. The van der Waals surface area contributed by atoms with Crippen molar-refractivity contribution in [3.8, 4) is 0 Å². The van der Waals surface area contributed by atoms with Gasteiger partial charge < -0.3 is 9.88 Å². The molecule has 0 bridgehead atoms. The molecular weight excluding hydrogens is 290 g/mol. The first-order valence-corrected chi connectivity index (χ1v) is 8.66. The molecular formula is C15H20ClN3S. The molecule has 1 aliphatic heterocycles. The Balaban J connectivity index is 1.97. The first kappa shape index (κ1) is 14.2. The van der Waals surface area contributed by atoms with Gasteiger partial charge in [0.15, 0.2) is 0 Å². The smallest absolute Gasteiger partial charge is 0.111 e. The van der Waals surface area contributed by atoms with Gasteiger partial charge >= 0.3 is 0 Å². The maximum Gasteiger partial charge on any atom is 0.111 e. The van der Waals surface area contributed by atoms with Gasteiger partial charge in [-0.05, 0) is 32.0 Å². The van der Waals surface area contributed by atoms with Gasteiger partial charge in [0.2, 0.25) is 0 Å². The van der Waals surface area contributed by atoms with Crippen LogP contribution in [0.15, 0.2) is 18.2 Å². The van der Waals surface area contributed by atoms with Gasteiger partial charge in [0.25, 0.3) is 0 Å². The zero-order chi connectivity index (χ0) is 14.1. The minimum Gasteiger partial charge on any atom is -0.325 e. The zero-order valence-corrected chi connectivity index (χ0v) is 13.5. The van der Waals surface area contributed by atoms with E-state index < -0.39 is 0 Å². The number of halogens is 1. The van der Waals surface area contributed by atoms with E-state index in [-0.39, 0.29) is 0 Å². The highest BCUT2D eigenvalue weighted by Gasteiger charge is 2.19. The number of benzene rings is 1. The van der Waals surface area contributed by atoms with Crippen LogP contribution in [-0.4, -0.2) is 33.6 Å². The second kappa shape index (κ2) is 5.96. The number of fused-ring (bicyclic) bond motifs is 1. The Kier molecular flexibility index (Phi) is 4.24. The summed E-state index contributed by atoms with van der Waals surface area (Å²) in [5.74, 6) is 3.55. The van der Waals surface area contributed by atoms with Gasteiger partial charge in [-0.3, -0.25) is 0 Å². The molecule has 1 saturated heterocycles. The SMILES string of the molecule is CC(C)n1c(CC2CSCCN2)nc2cc(Cl)ccc21. The van der Waals surface area contributed by atoms with Crippen molar-refractivity contribution in [2.24, 2.45) is 0 Å². The van der Waals surface area contributed by atoms with Crippen molar-refractivity contribution < 1.29 is 0 Å². The predicted octanol–water partition coefficient (Wildman–Crippen LogP) is 3.52. The van der Waals surface area contributed by atoms with Crippen LogP contribution in [0, 0.1) is 0 Å². The van der Waals surface area contributed by atoms with Crippen molar-refractivity contribution in [3.05, 3.63) is 29.0 Å². The predicted molar refractivity (Wildman–Crippen MR) is 87.9 cm³/mol. The first-order valence-electron chi connectivity index (χ1n) is 7.12. The molecule has 1 N–H and O–H groups in total. The van der Waals surface area contributed by atoms with Crippen molar-refractivity contribution in [3.63, 3.8) is 0 Å². The van der Waals surface area contributed by atoms with Gasteiger partial charge in [-0.25, -0.2) is 4.98 Å². The molecule has 3 rings (SSSR count). The molecule has 2 aromatic rings. The van der Waals surface area contributed by atoms with Gasteiger partial charge in [-0.2, -0.15) is 11.8 Å². The van der Waals surface area contributed by atoms with Crippen molar-refractivity contribution in [1.82, 2.24) is 14.9 Å². The minimum absolute atomic E-state index is 0.410. The third-order valence-electron chi connectivity index (χ3n) is 3.67. The van der Waals surface area contributed by atoms with Crippen LogP contribution in [0.25, 0.3) is 11.0 Å². The fraction of sp³-hybridized carbons (Fsp3) is 0.533. The standard InChI is InChI=1S/C15H20ClN3S/c1-10(2)19-14-4-3-11(16)7-13(14)18-15(19)8-12-9-20-6-5-17-12/h3-4,7,10,12,17H,5-6,8-9H2,1-2H3. The zero-order valence-electron chi connectivity index (χ0n) is 11.9. The van der Waals surface area contributed by atoms with Gasteiger partial charge in [0.05, 0.1) is 11.0 Å². The Hall–Kier alpha value is -0.710. The second-order valence-corrected chi connectivity index (χ2v) is 7.14. The highest BCUT2D eigenvalue weighted by atomic mass is 35.5. The lowest BCUT2D eigenvalue weighted by Gasteiger charge is -2.23. The Morgan fingerprint density at radius 2 is 2.35 bits per heavy atom. The molecule has 20 heavy (non-hydrogen) atoms. The van der Waals surface area contributed by atoms with Crippen molar-refractivity contribution in [2.45, 2.75) is 32.4 Å². The lowest BCUT2D eigenvalue weighted by molar-refractivity contribution is 0.514. The summed E-state index contributed by atoms with van der Waals surface area (Å²) in [5, 5.41) is 4.34. The van der Waals surface area contributed by atoms with Crippen molar-refractivity contribution in [2.75, 3.05) is 18.1 Å². The Labute approximate surface area is 129 Å². The van der Waals surface area contributed by atoms with Gasteiger partial charge in [-0.1, -0.05) is 11.6 Å². The number of nitrogens with zero attached hydrogens (tertiary/aromatic N) is 2. The summed E-state index contributed by atoms with van der Waals surface area (Å²) in [4.78, 5) is 4.82. The molecule has 1 aromatic carbocycles. The lowest BCUT2D eigenvalue weighted by Crippen LogP contribution is -2.39. The summed E-state index contributed by atoms with van der Waals surface area (Å²) in [6, 6.07) is 6.92. The molecule has 2 heterocycles. The molecule has 108 valence electrons. The largest absolute Gasteiger partial charge is 0.325 e. The average Bonchev–Trinajstić information content (AvgIpc) is 2.76. The monoisotopic (exact) mass is 309 g/mol. The van der Waals surface area contributed by atoms with E-state index in [9.17, 15) is 0 Å². The number of hydrogen-bond acceptors (Lipinski definition) is 3. The van der Waals surface area contributed by atoms with E-state index in [0.29, 0.717) is 12.1 Å². The fourth-order valence-corrected chi connectivity index (χ4v) is 3.93. The third kappa shape index (κ3) is 2.83. The minimum atomic E-state index is 0.410. The highest BCUT2D eigenvalue weighted by molar-refractivity contribution is 7.99. The normalized spacial score (nSPS) is 19.9. The topological polar surface area (TPSA) is 29.9 Å². The number of nitrogens with one attached hydrogen (secondary N) is 1. The molecule has 1 aromatic heterocycles. The summed E-state index contributed by atoms with van der Waals surface area (Å²) < 4.78 is 2.34. The molecule has 1 unspecified atom stereocenters.